The minimum atomic E-state index is 0.136. The molecule has 1 aromatic rings. The van der Waals surface area contributed by atoms with E-state index in [9.17, 15) is 0 Å². The molecule has 0 radical (unpaired) electrons. The molecule has 2 nitrogen and oxygen atoms in total. The summed E-state index contributed by atoms with van der Waals surface area (Å²) < 4.78 is 0. The van der Waals surface area contributed by atoms with E-state index in [1.54, 1.807) is 18.3 Å². The highest BCUT2D eigenvalue weighted by atomic mass is 35.5. The minimum Gasteiger partial charge on any atom is -0.395 e. The highest BCUT2D eigenvalue weighted by Crippen LogP contribution is 2.27. The summed E-state index contributed by atoms with van der Waals surface area (Å²) in [7, 11) is 0. The first-order valence-electron chi connectivity index (χ1n) is 3.62. The van der Waals surface area contributed by atoms with Crippen molar-refractivity contribution in [3.05, 3.63) is 23.4 Å². The fourth-order valence-electron chi connectivity index (χ4n) is 0.686. The van der Waals surface area contributed by atoms with Crippen LogP contribution in [-0.2, 0) is 0 Å². The predicted octanol–water partition coefficient (Wildman–Crippen LogP) is 2.21. The molecule has 1 rings (SSSR count). The number of aliphatic hydroxyl groups is 1. The van der Waals surface area contributed by atoms with E-state index in [-0.39, 0.29) is 11.9 Å². The Morgan fingerprint density at radius 3 is 3.08 bits per heavy atom. The molecule has 4 heteroatoms. The molecule has 1 heterocycles. The summed E-state index contributed by atoms with van der Waals surface area (Å²) in [6, 6.07) is 3.58. The third-order valence-corrected chi connectivity index (χ3v) is 2.81. The largest absolute Gasteiger partial charge is 0.395 e. The Bertz CT molecular complexity index is 257. The first kappa shape index (κ1) is 9.84. The van der Waals surface area contributed by atoms with Crippen LogP contribution in [0.4, 0.5) is 0 Å². The maximum atomic E-state index is 8.80. The van der Waals surface area contributed by atoms with Crippen LogP contribution < -0.4 is 0 Å². The maximum Gasteiger partial charge on any atom is 0.115 e. The van der Waals surface area contributed by atoms with Gasteiger partial charge in [-0.05, 0) is 12.1 Å². The van der Waals surface area contributed by atoms with Crippen molar-refractivity contribution >= 4 is 23.4 Å². The Morgan fingerprint density at radius 2 is 2.50 bits per heavy atom. The number of aromatic nitrogens is 1. The van der Waals surface area contributed by atoms with E-state index in [0.29, 0.717) is 5.02 Å². The molecule has 0 amide bonds. The molecular weight excluding hydrogens is 194 g/mol. The molecule has 66 valence electrons. The number of rotatable bonds is 3. The van der Waals surface area contributed by atoms with Gasteiger partial charge in [0.15, 0.2) is 0 Å². The number of hydrogen-bond acceptors (Lipinski definition) is 3. The summed E-state index contributed by atoms with van der Waals surface area (Å²) in [5.74, 6) is 0. The third-order valence-electron chi connectivity index (χ3n) is 1.29. The summed E-state index contributed by atoms with van der Waals surface area (Å²) in [6.45, 7) is 2.06. The summed E-state index contributed by atoms with van der Waals surface area (Å²) in [6.07, 6.45) is 1.69. The van der Waals surface area contributed by atoms with Gasteiger partial charge in [-0.25, -0.2) is 4.98 Å². The Morgan fingerprint density at radius 1 is 1.75 bits per heavy atom. The average molecular weight is 204 g/mol. The Kier molecular flexibility index (Phi) is 3.85. The summed E-state index contributed by atoms with van der Waals surface area (Å²) in [5, 5.41) is 10.4. The molecule has 0 aliphatic heterocycles. The second-order valence-electron chi connectivity index (χ2n) is 2.40. The van der Waals surface area contributed by atoms with Gasteiger partial charge in [0.2, 0.25) is 0 Å². The molecule has 1 N–H and O–H groups in total. The molecule has 0 aliphatic rings. The van der Waals surface area contributed by atoms with Crippen molar-refractivity contribution in [2.45, 2.75) is 17.2 Å². The fraction of sp³-hybridized carbons (Fsp3) is 0.375. The summed E-state index contributed by atoms with van der Waals surface area (Å²) >= 11 is 7.34. The minimum absolute atomic E-state index is 0.136. The van der Waals surface area contributed by atoms with Crippen LogP contribution in [0, 0.1) is 0 Å². The van der Waals surface area contributed by atoms with Crippen molar-refractivity contribution in [2.75, 3.05) is 6.61 Å². The number of hydrogen-bond donors (Lipinski definition) is 1. The lowest BCUT2D eigenvalue weighted by Crippen LogP contribution is -2.02. The normalized spacial score (nSPS) is 12.9. The molecule has 0 bridgehead atoms. The van der Waals surface area contributed by atoms with Gasteiger partial charge in [0, 0.05) is 11.4 Å². The molecule has 0 saturated heterocycles. The van der Waals surface area contributed by atoms with E-state index in [0.717, 1.165) is 5.03 Å². The van der Waals surface area contributed by atoms with Crippen molar-refractivity contribution in [1.29, 1.82) is 0 Å². The van der Waals surface area contributed by atoms with E-state index < -0.39 is 0 Å². The second kappa shape index (κ2) is 4.70. The van der Waals surface area contributed by atoms with Crippen LogP contribution in [0.25, 0.3) is 0 Å². The van der Waals surface area contributed by atoms with Crippen LogP contribution in [0.3, 0.4) is 0 Å². The lowest BCUT2D eigenvalue weighted by molar-refractivity contribution is 0.300. The molecule has 0 aliphatic carbocycles. The zero-order chi connectivity index (χ0) is 8.97. The van der Waals surface area contributed by atoms with Gasteiger partial charge in [0.05, 0.1) is 11.6 Å². The van der Waals surface area contributed by atoms with Gasteiger partial charge in [0.25, 0.3) is 0 Å². The summed E-state index contributed by atoms with van der Waals surface area (Å²) in [5.41, 5.74) is 0. The van der Waals surface area contributed by atoms with E-state index in [1.807, 2.05) is 6.92 Å². The van der Waals surface area contributed by atoms with Gasteiger partial charge < -0.3 is 5.11 Å². The quantitative estimate of drug-likeness (QED) is 0.765. The van der Waals surface area contributed by atoms with Crippen molar-refractivity contribution in [3.63, 3.8) is 0 Å². The second-order valence-corrected chi connectivity index (χ2v) is 4.24. The zero-order valence-electron chi connectivity index (χ0n) is 6.70. The highest BCUT2D eigenvalue weighted by Gasteiger charge is 2.06. The number of nitrogens with zero attached hydrogens (tertiary/aromatic N) is 1. The van der Waals surface area contributed by atoms with Crippen molar-refractivity contribution in [2.24, 2.45) is 0 Å². The molecule has 1 aromatic heterocycles. The molecule has 12 heavy (non-hydrogen) atoms. The average Bonchev–Trinajstić information content (AvgIpc) is 2.09. The zero-order valence-corrected chi connectivity index (χ0v) is 8.27. The van der Waals surface area contributed by atoms with Crippen LogP contribution in [-0.4, -0.2) is 21.9 Å². The Labute approximate surface area is 81.0 Å². The van der Waals surface area contributed by atoms with Gasteiger partial charge in [-0.15, -0.1) is 0 Å². The van der Waals surface area contributed by atoms with Crippen molar-refractivity contribution in [1.82, 2.24) is 4.98 Å². The number of thioether (sulfide) groups is 1. The number of halogens is 1. The van der Waals surface area contributed by atoms with Gasteiger partial charge in [-0.3, -0.25) is 0 Å². The van der Waals surface area contributed by atoms with Crippen LogP contribution in [0.5, 0.6) is 0 Å². The summed E-state index contributed by atoms with van der Waals surface area (Å²) in [4.78, 5) is 4.09. The smallest absolute Gasteiger partial charge is 0.115 e. The van der Waals surface area contributed by atoms with E-state index in [2.05, 4.69) is 4.98 Å². The van der Waals surface area contributed by atoms with Gasteiger partial charge in [0.1, 0.15) is 5.03 Å². The third kappa shape index (κ3) is 2.66. The number of pyridine rings is 1. The first-order valence-corrected chi connectivity index (χ1v) is 4.88. The van der Waals surface area contributed by atoms with Crippen molar-refractivity contribution in [3.8, 4) is 0 Å². The molecule has 1 atom stereocenters. The topological polar surface area (TPSA) is 33.1 Å². The molecule has 1 unspecified atom stereocenters. The van der Waals surface area contributed by atoms with E-state index in [4.69, 9.17) is 16.7 Å². The molecular formula is C8H10ClNOS. The maximum absolute atomic E-state index is 8.80. The van der Waals surface area contributed by atoms with Gasteiger partial charge in [-0.2, -0.15) is 0 Å². The first-order chi connectivity index (χ1) is 5.74. The fourth-order valence-corrected chi connectivity index (χ4v) is 1.70. The number of aliphatic hydroxyl groups excluding tert-OH is 1. The van der Waals surface area contributed by atoms with E-state index in [1.165, 1.54) is 11.8 Å². The molecule has 0 spiro atoms. The lowest BCUT2D eigenvalue weighted by atomic mass is 10.5. The van der Waals surface area contributed by atoms with Gasteiger partial charge >= 0.3 is 0 Å². The molecule has 0 saturated carbocycles. The van der Waals surface area contributed by atoms with Crippen LogP contribution in [0.1, 0.15) is 6.92 Å². The van der Waals surface area contributed by atoms with Crippen LogP contribution >= 0.6 is 23.4 Å². The predicted molar refractivity (Wildman–Crippen MR) is 51.7 cm³/mol. The Balaban J connectivity index is 2.69. The monoisotopic (exact) mass is 203 g/mol. The van der Waals surface area contributed by atoms with E-state index >= 15 is 0 Å². The van der Waals surface area contributed by atoms with Crippen LogP contribution in [0.15, 0.2) is 23.4 Å². The highest BCUT2D eigenvalue weighted by molar-refractivity contribution is 8.00. The van der Waals surface area contributed by atoms with Crippen LogP contribution in [0.2, 0.25) is 5.02 Å². The standard InChI is InChI=1S/C8H10ClNOS/c1-6(5-11)12-8-7(9)3-2-4-10-8/h2-4,6,11H,5H2,1H3. The lowest BCUT2D eigenvalue weighted by Gasteiger charge is -2.06. The molecule has 0 aromatic carbocycles. The molecule has 0 fully saturated rings. The Hall–Kier alpha value is -0.250. The van der Waals surface area contributed by atoms with Crippen molar-refractivity contribution < 1.29 is 5.11 Å². The SMILES string of the molecule is CC(CO)Sc1ncccc1Cl. The van der Waals surface area contributed by atoms with Gasteiger partial charge in [-0.1, -0.05) is 30.3 Å².